The largest absolute Gasteiger partial charge is 0.352 e. The van der Waals surface area contributed by atoms with Gasteiger partial charge in [0.15, 0.2) is 5.11 Å². The molecule has 0 aliphatic carbocycles. The summed E-state index contributed by atoms with van der Waals surface area (Å²) in [6.07, 6.45) is 1.84. The molecule has 1 N–H and O–H groups in total. The van der Waals surface area contributed by atoms with Gasteiger partial charge in [0.05, 0.1) is 17.8 Å². The Balaban J connectivity index is 1.82. The Morgan fingerprint density at radius 1 is 1.04 bits per heavy atom. The number of hydrogen-bond acceptors (Lipinski definition) is 2. The topological polar surface area (TPSA) is 33.1 Å². The van der Waals surface area contributed by atoms with Crippen LogP contribution in [0.25, 0.3) is 5.69 Å². The van der Waals surface area contributed by atoms with E-state index < -0.39 is 0 Å². The lowest BCUT2D eigenvalue weighted by Gasteiger charge is -2.24. The van der Waals surface area contributed by atoms with Crippen molar-refractivity contribution in [3.8, 4) is 5.69 Å². The Morgan fingerprint density at radius 2 is 1.85 bits per heavy atom. The van der Waals surface area contributed by atoms with Crippen LogP contribution in [0.5, 0.6) is 0 Å². The summed E-state index contributed by atoms with van der Waals surface area (Å²) in [6, 6.07) is 17.1. The first-order chi connectivity index (χ1) is 13.0. The fourth-order valence-corrected chi connectivity index (χ4v) is 4.34. The molecule has 2 atom stereocenters. The summed E-state index contributed by atoms with van der Waals surface area (Å²) in [4.78, 5) is 6.73. The maximum absolute atomic E-state index is 5.57. The van der Waals surface area contributed by atoms with Gasteiger partial charge in [-0.15, -0.1) is 0 Å². The first-order valence-electron chi connectivity index (χ1n) is 9.17. The van der Waals surface area contributed by atoms with Crippen LogP contribution in [0, 0.1) is 20.8 Å². The first-order valence-corrected chi connectivity index (χ1v) is 9.58. The van der Waals surface area contributed by atoms with E-state index in [-0.39, 0.29) is 12.1 Å². The maximum atomic E-state index is 5.57. The van der Waals surface area contributed by atoms with Crippen LogP contribution in [-0.2, 0) is 0 Å². The molecule has 0 radical (unpaired) electrons. The monoisotopic (exact) mass is 376 g/mol. The number of pyridine rings is 1. The third-order valence-corrected chi connectivity index (χ3v) is 5.79. The van der Waals surface area contributed by atoms with E-state index in [9.17, 15) is 0 Å². The fourth-order valence-electron chi connectivity index (χ4n) is 4.10. The molecule has 2 aromatic heterocycles. The number of hydrogen-bond donors (Lipinski definition) is 1. The van der Waals surface area contributed by atoms with E-state index >= 15 is 0 Å². The zero-order valence-corrected chi connectivity index (χ0v) is 16.9. The summed E-state index contributed by atoms with van der Waals surface area (Å²) < 4.78 is 2.33. The molecule has 4 rings (SSSR count). The number of aromatic nitrogens is 2. The summed E-state index contributed by atoms with van der Waals surface area (Å²) >= 11 is 5.57. The molecule has 1 fully saturated rings. The van der Waals surface area contributed by atoms with Gasteiger partial charge in [-0.2, -0.15) is 0 Å². The minimum Gasteiger partial charge on any atom is -0.352 e. The van der Waals surface area contributed by atoms with Crippen LogP contribution in [0.4, 0.5) is 0 Å². The molecular formula is C22H24N4S. The van der Waals surface area contributed by atoms with Crippen molar-refractivity contribution >= 4 is 17.3 Å². The number of nitrogens with one attached hydrogen (secondary N) is 1. The average Bonchev–Trinajstić information content (AvgIpc) is 3.11. The van der Waals surface area contributed by atoms with Crippen LogP contribution >= 0.6 is 12.2 Å². The Kier molecular flexibility index (Phi) is 4.48. The molecule has 5 heteroatoms. The van der Waals surface area contributed by atoms with Crippen molar-refractivity contribution in [3.05, 3.63) is 82.9 Å². The van der Waals surface area contributed by atoms with Gasteiger partial charge < -0.3 is 14.8 Å². The number of rotatable bonds is 3. The average molecular weight is 377 g/mol. The fraction of sp³-hybridized carbons (Fsp3) is 0.273. The minimum absolute atomic E-state index is 0.0372. The van der Waals surface area contributed by atoms with Gasteiger partial charge >= 0.3 is 0 Å². The second-order valence-electron chi connectivity index (χ2n) is 7.24. The molecule has 4 nitrogen and oxygen atoms in total. The molecule has 0 spiro atoms. The molecule has 0 amide bonds. The van der Waals surface area contributed by atoms with Crippen LogP contribution in [0.2, 0.25) is 0 Å². The second kappa shape index (κ2) is 6.82. The quantitative estimate of drug-likeness (QED) is 0.687. The lowest BCUT2D eigenvalue weighted by atomic mass is 9.97. The molecule has 1 saturated heterocycles. The van der Waals surface area contributed by atoms with Gasteiger partial charge in [0, 0.05) is 30.3 Å². The zero-order chi connectivity index (χ0) is 19.1. The second-order valence-corrected chi connectivity index (χ2v) is 7.63. The highest BCUT2D eigenvalue weighted by molar-refractivity contribution is 7.80. The molecule has 3 heterocycles. The van der Waals surface area contributed by atoms with Crippen molar-refractivity contribution in [2.75, 3.05) is 7.05 Å². The Morgan fingerprint density at radius 3 is 2.56 bits per heavy atom. The molecule has 27 heavy (non-hydrogen) atoms. The Labute approximate surface area is 165 Å². The van der Waals surface area contributed by atoms with Gasteiger partial charge in [-0.25, -0.2) is 0 Å². The third-order valence-electron chi connectivity index (χ3n) is 5.39. The number of benzene rings is 1. The predicted octanol–water partition coefficient (Wildman–Crippen LogP) is 4.40. The van der Waals surface area contributed by atoms with Gasteiger partial charge in [0.25, 0.3) is 0 Å². The van der Waals surface area contributed by atoms with Crippen LogP contribution < -0.4 is 5.32 Å². The number of nitrogens with zero attached hydrogens (tertiary/aromatic N) is 3. The van der Waals surface area contributed by atoms with Crippen LogP contribution in [-0.4, -0.2) is 26.6 Å². The molecule has 1 aliphatic heterocycles. The van der Waals surface area contributed by atoms with Gasteiger partial charge in [-0.1, -0.05) is 18.2 Å². The van der Waals surface area contributed by atoms with E-state index in [0.717, 1.165) is 10.8 Å². The maximum Gasteiger partial charge on any atom is 0.169 e. The van der Waals surface area contributed by atoms with Crippen LogP contribution in [0.1, 0.15) is 40.3 Å². The third kappa shape index (κ3) is 3.02. The van der Waals surface area contributed by atoms with E-state index in [1.807, 2.05) is 18.3 Å². The van der Waals surface area contributed by atoms with Crippen molar-refractivity contribution < 1.29 is 0 Å². The molecule has 1 aromatic carbocycles. The smallest absolute Gasteiger partial charge is 0.169 e. The molecular weight excluding hydrogens is 352 g/mol. The lowest BCUT2D eigenvalue weighted by molar-refractivity contribution is 0.367. The molecule has 0 bridgehead atoms. The summed E-state index contributed by atoms with van der Waals surface area (Å²) in [6.45, 7) is 6.48. The normalized spacial score (nSPS) is 19.4. The van der Waals surface area contributed by atoms with E-state index in [1.54, 1.807) is 0 Å². The summed E-state index contributed by atoms with van der Waals surface area (Å²) in [5.41, 5.74) is 7.20. The van der Waals surface area contributed by atoms with E-state index in [1.165, 1.54) is 28.2 Å². The van der Waals surface area contributed by atoms with E-state index in [0.29, 0.717) is 0 Å². The van der Waals surface area contributed by atoms with Crippen molar-refractivity contribution in [1.29, 1.82) is 0 Å². The summed E-state index contributed by atoms with van der Waals surface area (Å²) in [7, 11) is 2.06. The highest BCUT2D eigenvalue weighted by atomic mass is 32.1. The van der Waals surface area contributed by atoms with Crippen LogP contribution in [0.15, 0.2) is 54.7 Å². The molecule has 3 aromatic rings. The van der Waals surface area contributed by atoms with Gasteiger partial charge in [-0.05, 0) is 74.4 Å². The van der Waals surface area contributed by atoms with Crippen molar-refractivity contribution in [2.45, 2.75) is 32.9 Å². The van der Waals surface area contributed by atoms with Crippen molar-refractivity contribution in [2.24, 2.45) is 0 Å². The van der Waals surface area contributed by atoms with Crippen molar-refractivity contribution in [3.63, 3.8) is 0 Å². The first kappa shape index (κ1) is 17.7. The summed E-state index contributed by atoms with van der Waals surface area (Å²) in [5, 5.41) is 4.22. The van der Waals surface area contributed by atoms with Gasteiger partial charge in [0.1, 0.15) is 0 Å². The molecule has 2 unspecified atom stereocenters. The molecule has 1 aliphatic rings. The van der Waals surface area contributed by atoms with Crippen molar-refractivity contribution in [1.82, 2.24) is 19.8 Å². The molecule has 0 saturated carbocycles. The SMILES string of the molecule is Cc1cccc(-n2c(C)cc(C3C(c4ccccn4)NC(=S)N3C)c2C)c1. The molecule has 138 valence electrons. The number of aryl methyl sites for hydroxylation is 2. The van der Waals surface area contributed by atoms with Crippen LogP contribution in [0.3, 0.4) is 0 Å². The lowest BCUT2D eigenvalue weighted by Crippen LogP contribution is -2.25. The minimum atomic E-state index is 0.0372. The van der Waals surface area contributed by atoms with E-state index in [2.05, 4.69) is 84.0 Å². The van der Waals surface area contributed by atoms with E-state index in [4.69, 9.17) is 12.2 Å². The zero-order valence-electron chi connectivity index (χ0n) is 16.1. The number of likely N-dealkylation sites (N-methyl/N-ethyl adjacent to an activating group) is 1. The number of thiocarbonyl (C=S) groups is 1. The Hall–Kier alpha value is -2.66. The highest BCUT2D eigenvalue weighted by Crippen LogP contribution is 2.40. The van der Waals surface area contributed by atoms with Gasteiger partial charge in [0.2, 0.25) is 0 Å². The highest BCUT2D eigenvalue weighted by Gasteiger charge is 2.39. The predicted molar refractivity (Wildman–Crippen MR) is 113 cm³/mol. The Bertz CT molecular complexity index is 993. The summed E-state index contributed by atoms with van der Waals surface area (Å²) in [5.74, 6) is 0. The van der Waals surface area contributed by atoms with Gasteiger partial charge in [-0.3, -0.25) is 4.98 Å². The standard InChI is InChI=1S/C22H24N4S/c1-14-8-7-9-17(12-14)26-15(2)13-18(16(26)3)21-20(24-22(27)25(21)4)19-10-5-6-11-23-19/h5-13,20-21H,1-4H3,(H,24,27).